The summed E-state index contributed by atoms with van der Waals surface area (Å²) in [5.74, 6) is 0. The van der Waals surface area contributed by atoms with Crippen LogP contribution in [0.2, 0.25) is 0 Å². The van der Waals surface area contributed by atoms with E-state index in [1.54, 1.807) is 0 Å². The van der Waals surface area contributed by atoms with Crippen LogP contribution in [-0.2, 0) is 0 Å². The second-order valence-corrected chi connectivity index (χ2v) is 6.66. The molecule has 1 saturated heterocycles. The molecule has 0 spiro atoms. The Morgan fingerprint density at radius 3 is 2.44 bits per heavy atom. The van der Waals surface area contributed by atoms with Gasteiger partial charge in [0.25, 0.3) is 0 Å². The van der Waals surface area contributed by atoms with Crippen LogP contribution in [0.3, 0.4) is 0 Å². The summed E-state index contributed by atoms with van der Waals surface area (Å²) >= 11 is 0. The number of nitrogens with two attached hydrogens (primary N) is 1. The number of aliphatic hydroxyl groups is 1. The maximum absolute atomic E-state index is 10.9. The maximum atomic E-state index is 10.9. The third-order valence-electron chi connectivity index (χ3n) is 4.56. The Balaban J connectivity index is 2.16. The molecule has 0 aromatic heterocycles. The van der Waals surface area contributed by atoms with E-state index in [4.69, 9.17) is 5.73 Å². The van der Waals surface area contributed by atoms with E-state index in [0.29, 0.717) is 0 Å². The van der Waals surface area contributed by atoms with Crippen molar-refractivity contribution in [2.75, 3.05) is 13.1 Å². The molecule has 2 unspecified atom stereocenters. The number of nitrogens with one attached hydrogen (secondary N) is 1. The van der Waals surface area contributed by atoms with Crippen LogP contribution in [-0.4, -0.2) is 29.3 Å². The van der Waals surface area contributed by atoms with E-state index in [-0.39, 0.29) is 5.41 Å². The Morgan fingerprint density at radius 2 is 1.88 bits per heavy atom. The Hall–Kier alpha value is -0.120. The van der Waals surface area contributed by atoms with Crippen molar-refractivity contribution in [3.8, 4) is 0 Å². The molecule has 2 aliphatic rings. The van der Waals surface area contributed by atoms with Crippen molar-refractivity contribution in [2.45, 2.75) is 63.5 Å². The summed E-state index contributed by atoms with van der Waals surface area (Å²) in [5, 5.41) is 14.3. The summed E-state index contributed by atoms with van der Waals surface area (Å²) in [6, 6.07) is 0. The van der Waals surface area contributed by atoms with Gasteiger partial charge >= 0.3 is 0 Å². The van der Waals surface area contributed by atoms with Crippen LogP contribution >= 0.6 is 0 Å². The normalized spacial score (nSPS) is 44.2. The molecule has 1 aliphatic heterocycles. The number of piperidine rings is 1. The van der Waals surface area contributed by atoms with Gasteiger partial charge < -0.3 is 16.2 Å². The van der Waals surface area contributed by atoms with Crippen molar-refractivity contribution in [2.24, 2.45) is 11.1 Å². The number of rotatable bonds is 1. The first-order chi connectivity index (χ1) is 7.37. The van der Waals surface area contributed by atoms with Gasteiger partial charge in [0.2, 0.25) is 0 Å². The molecule has 3 nitrogen and oxygen atoms in total. The fraction of sp³-hybridized carbons (Fsp3) is 1.00. The van der Waals surface area contributed by atoms with Crippen LogP contribution in [0, 0.1) is 5.41 Å². The van der Waals surface area contributed by atoms with Crippen LogP contribution in [0.1, 0.15) is 52.4 Å². The highest BCUT2D eigenvalue weighted by atomic mass is 16.3. The lowest BCUT2D eigenvalue weighted by Crippen LogP contribution is -2.69. The summed E-state index contributed by atoms with van der Waals surface area (Å²) in [6.07, 6.45) is 6.06. The topological polar surface area (TPSA) is 58.3 Å². The summed E-state index contributed by atoms with van der Waals surface area (Å²) < 4.78 is 0. The molecule has 0 bridgehead atoms. The predicted octanol–water partition coefficient (Wildman–Crippen LogP) is 1.40. The van der Waals surface area contributed by atoms with E-state index >= 15 is 0 Å². The first-order valence-corrected chi connectivity index (χ1v) is 6.59. The average molecular weight is 226 g/mol. The van der Waals surface area contributed by atoms with Crippen LogP contribution in [0.4, 0.5) is 0 Å². The molecule has 2 atom stereocenters. The van der Waals surface area contributed by atoms with Crippen LogP contribution in [0.25, 0.3) is 0 Å². The zero-order valence-corrected chi connectivity index (χ0v) is 10.7. The van der Waals surface area contributed by atoms with Gasteiger partial charge in [0.15, 0.2) is 0 Å². The first kappa shape index (κ1) is 12.3. The largest absolute Gasteiger partial charge is 0.388 e. The van der Waals surface area contributed by atoms with Crippen LogP contribution < -0.4 is 11.1 Å². The maximum Gasteiger partial charge on any atom is 0.0843 e. The van der Waals surface area contributed by atoms with Gasteiger partial charge in [-0.2, -0.15) is 0 Å². The van der Waals surface area contributed by atoms with Gasteiger partial charge in [0.05, 0.1) is 11.1 Å². The van der Waals surface area contributed by atoms with E-state index in [9.17, 15) is 5.11 Å². The minimum atomic E-state index is -0.665. The minimum Gasteiger partial charge on any atom is -0.388 e. The van der Waals surface area contributed by atoms with Gasteiger partial charge in [-0.3, -0.25) is 0 Å². The highest BCUT2D eigenvalue weighted by molar-refractivity contribution is 5.09. The van der Waals surface area contributed by atoms with Gasteiger partial charge in [-0.05, 0) is 50.5 Å². The molecule has 2 rings (SSSR count). The molecular formula is C13H26N2O. The highest BCUT2D eigenvalue weighted by Crippen LogP contribution is 2.46. The number of hydrogen-bond donors (Lipinski definition) is 3. The smallest absolute Gasteiger partial charge is 0.0843 e. The highest BCUT2D eigenvalue weighted by Gasteiger charge is 2.51. The van der Waals surface area contributed by atoms with Crippen molar-refractivity contribution in [3.63, 3.8) is 0 Å². The fourth-order valence-electron chi connectivity index (χ4n) is 3.58. The SMILES string of the molecule is CC1(C)CCCC(O)(C2(N)CCCNC2)C1. The molecule has 16 heavy (non-hydrogen) atoms. The fourth-order valence-corrected chi connectivity index (χ4v) is 3.58. The minimum absolute atomic E-state index is 0.233. The molecule has 3 heteroatoms. The molecule has 1 heterocycles. The van der Waals surface area contributed by atoms with Crippen molar-refractivity contribution >= 4 is 0 Å². The quantitative estimate of drug-likeness (QED) is 0.633. The Morgan fingerprint density at radius 1 is 1.12 bits per heavy atom. The Kier molecular flexibility index (Phi) is 3.06. The lowest BCUT2D eigenvalue weighted by Gasteiger charge is -2.53. The zero-order chi connectivity index (χ0) is 11.9. The molecule has 0 aromatic rings. The van der Waals surface area contributed by atoms with Crippen molar-refractivity contribution in [3.05, 3.63) is 0 Å². The molecule has 0 amide bonds. The molecule has 1 aliphatic carbocycles. The van der Waals surface area contributed by atoms with Gasteiger partial charge in [0.1, 0.15) is 0 Å². The lowest BCUT2D eigenvalue weighted by atomic mass is 9.61. The van der Waals surface area contributed by atoms with Gasteiger partial charge in [-0.25, -0.2) is 0 Å². The summed E-state index contributed by atoms with van der Waals surface area (Å²) in [5.41, 5.74) is 5.63. The van der Waals surface area contributed by atoms with Crippen molar-refractivity contribution < 1.29 is 5.11 Å². The molecule has 1 saturated carbocycles. The summed E-state index contributed by atoms with van der Waals surface area (Å²) in [6.45, 7) is 6.30. The van der Waals surface area contributed by atoms with E-state index in [0.717, 1.165) is 45.2 Å². The molecule has 94 valence electrons. The van der Waals surface area contributed by atoms with Gasteiger partial charge in [0, 0.05) is 6.54 Å². The van der Waals surface area contributed by atoms with Crippen LogP contribution in [0.15, 0.2) is 0 Å². The molecule has 0 radical (unpaired) electrons. The van der Waals surface area contributed by atoms with Crippen molar-refractivity contribution in [1.29, 1.82) is 0 Å². The van der Waals surface area contributed by atoms with Crippen molar-refractivity contribution in [1.82, 2.24) is 5.32 Å². The second-order valence-electron chi connectivity index (χ2n) is 6.66. The average Bonchev–Trinajstić information content (AvgIpc) is 2.16. The van der Waals surface area contributed by atoms with Crippen LogP contribution in [0.5, 0.6) is 0 Å². The van der Waals surface area contributed by atoms with E-state index in [1.165, 1.54) is 6.42 Å². The van der Waals surface area contributed by atoms with E-state index in [1.807, 2.05) is 0 Å². The Bertz CT molecular complexity index is 259. The van der Waals surface area contributed by atoms with E-state index in [2.05, 4.69) is 19.2 Å². The summed E-state index contributed by atoms with van der Waals surface area (Å²) in [7, 11) is 0. The number of hydrogen-bond acceptors (Lipinski definition) is 3. The lowest BCUT2D eigenvalue weighted by molar-refractivity contribution is -0.102. The molecule has 4 N–H and O–H groups in total. The zero-order valence-electron chi connectivity index (χ0n) is 10.7. The first-order valence-electron chi connectivity index (χ1n) is 6.59. The Labute approximate surface area is 98.8 Å². The predicted molar refractivity (Wildman–Crippen MR) is 66.2 cm³/mol. The molecular weight excluding hydrogens is 200 g/mol. The second kappa shape index (κ2) is 3.97. The third kappa shape index (κ3) is 2.13. The van der Waals surface area contributed by atoms with Gasteiger partial charge in [-0.15, -0.1) is 0 Å². The standard InChI is InChI=1S/C13H26N2O/c1-11(2)5-3-7-13(16,9-11)12(14)6-4-8-15-10-12/h15-16H,3-10,14H2,1-2H3. The molecule has 2 fully saturated rings. The monoisotopic (exact) mass is 226 g/mol. The summed E-state index contributed by atoms with van der Waals surface area (Å²) in [4.78, 5) is 0. The van der Waals surface area contributed by atoms with Gasteiger partial charge in [-0.1, -0.05) is 13.8 Å². The van der Waals surface area contributed by atoms with E-state index < -0.39 is 11.1 Å². The molecule has 0 aromatic carbocycles. The third-order valence-corrected chi connectivity index (χ3v) is 4.56.